The monoisotopic (exact) mass is 583 g/mol. The highest BCUT2D eigenvalue weighted by Crippen LogP contribution is 2.25. The smallest absolute Gasteiger partial charge is 0.264 e. The van der Waals surface area contributed by atoms with E-state index in [1.54, 1.807) is 54.6 Å². The highest BCUT2D eigenvalue weighted by Gasteiger charge is 2.34. The van der Waals surface area contributed by atoms with Gasteiger partial charge in [-0.05, 0) is 48.7 Å². The summed E-state index contributed by atoms with van der Waals surface area (Å²) in [7, 11) is -4.11. The average molecular weight is 584 g/mol. The molecule has 0 saturated heterocycles. The lowest BCUT2D eigenvalue weighted by molar-refractivity contribution is -0.140. The van der Waals surface area contributed by atoms with Crippen LogP contribution in [0.5, 0.6) is 0 Å². The Kier molecular flexibility index (Phi) is 10.5. The number of para-hydroxylation sites is 1. The third-order valence-electron chi connectivity index (χ3n) is 6.95. The van der Waals surface area contributed by atoms with Crippen LogP contribution in [0.2, 0.25) is 0 Å². The van der Waals surface area contributed by atoms with E-state index < -0.39 is 28.5 Å². The fourth-order valence-electron chi connectivity index (χ4n) is 4.66. The first-order valence-corrected chi connectivity index (χ1v) is 15.5. The molecular weight excluding hydrogens is 546 g/mol. The number of carbonyl (C=O) groups is 2. The Morgan fingerprint density at radius 2 is 1.31 bits per heavy atom. The van der Waals surface area contributed by atoms with Crippen LogP contribution >= 0.6 is 0 Å². The van der Waals surface area contributed by atoms with Crippen molar-refractivity contribution in [2.24, 2.45) is 0 Å². The third-order valence-corrected chi connectivity index (χ3v) is 8.74. The van der Waals surface area contributed by atoms with E-state index in [-0.39, 0.29) is 23.8 Å². The lowest BCUT2D eigenvalue weighted by atomic mass is 10.0. The maximum Gasteiger partial charge on any atom is 0.264 e. The zero-order valence-corrected chi connectivity index (χ0v) is 24.8. The Hall–Kier alpha value is -4.43. The third kappa shape index (κ3) is 7.85. The fraction of sp³-hybridized carbons (Fsp3) is 0.235. The number of nitrogens with one attached hydrogen (secondary N) is 1. The largest absolute Gasteiger partial charge is 0.354 e. The zero-order valence-electron chi connectivity index (χ0n) is 24.0. The minimum absolute atomic E-state index is 0.0842. The highest BCUT2D eigenvalue weighted by molar-refractivity contribution is 7.92. The molecule has 0 aromatic heterocycles. The van der Waals surface area contributed by atoms with E-state index >= 15 is 0 Å². The van der Waals surface area contributed by atoms with Crippen molar-refractivity contribution in [2.75, 3.05) is 17.4 Å². The summed E-state index contributed by atoms with van der Waals surface area (Å²) in [5, 5.41) is 2.96. The van der Waals surface area contributed by atoms with Crippen LogP contribution in [0.4, 0.5) is 5.69 Å². The summed E-state index contributed by atoms with van der Waals surface area (Å²) in [4.78, 5) is 29.5. The molecule has 42 heavy (non-hydrogen) atoms. The molecule has 7 nitrogen and oxygen atoms in total. The van der Waals surface area contributed by atoms with Crippen molar-refractivity contribution in [3.63, 3.8) is 0 Å². The molecule has 0 aliphatic rings. The van der Waals surface area contributed by atoms with Gasteiger partial charge in [0.25, 0.3) is 10.0 Å². The molecule has 4 aromatic rings. The van der Waals surface area contributed by atoms with Crippen molar-refractivity contribution in [1.29, 1.82) is 0 Å². The number of carbonyl (C=O) groups excluding carboxylic acids is 2. The van der Waals surface area contributed by atoms with Gasteiger partial charge in [0.1, 0.15) is 12.6 Å². The van der Waals surface area contributed by atoms with Gasteiger partial charge in [0.15, 0.2) is 0 Å². The van der Waals surface area contributed by atoms with Gasteiger partial charge in [-0.3, -0.25) is 13.9 Å². The van der Waals surface area contributed by atoms with Crippen molar-refractivity contribution < 1.29 is 18.0 Å². The summed E-state index contributed by atoms with van der Waals surface area (Å²) >= 11 is 0. The second kappa shape index (κ2) is 14.5. The van der Waals surface area contributed by atoms with E-state index in [2.05, 4.69) is 5.32 Å². The van der Waals surface area contributed by atoms with Gasteiger partial charge in [0.2, 0.25) is 11.8 Å². The first-order chi connectivity index (χ1) is 20.3. The molecule has 0 fully saturated rings. The predicted molar refractivity (Wildman–Crippen MR) is 166 cm³/mol. The Labute approximate surface area is 248 Å². The van der Waals surface area contributed by atoms with Crippen LogP contribution in [0.3, 0.4) is 0 Å². The quantitative estimate of drug-likeness (QED) is 0.230. The zero-order chi connectivity index (χ0) is 30.0. The van der Waals surface area contributed by atoms with E-state index in [1.165, 1.54) is 4.90 Å². The minimum atomic E-state index is -4.11. The number of hydrogen-bond acceptors (Lipinski definition) is 4. The van der Waals surface area contributed by atoms with E-state index in [4.69, 9.17) is 0 Å². The van der Waals surface area contributed by atoms with E-state index in [9.17, 15) is 18.0 Å². The Morgan fingerprint density at radius 3 is 1.88 bits per heavy atom. The van der Waals surface area contributed by atoms with Gasteiger partial charge < -0.3 is 10.2 Å². The number of anilines is 1. The fourth-order valence-corrected chi connectivity index (χ4v) is 6.07. The molecule has 0 bridgehead atoms. The molecule has 0 unspecified atom stereocenters. The number of nitrogens with zero attached hydrogens (tertiary/aromatic N) is 2. The van der Waals surface area contributed by atoms with Crippen molar-refractivity contribution in [2.45, 2.75) is 44.2 Å². The normalized spacial score (nSPS) is 11.9. The average Bonchev–Trinajstić information content (AvgIpc) is 3.01. The van der Waals surface area contributed by atoms with Gasteiger partial charge in [0, 0.05) is 19.5 Å². The molecule has 0 aliphatic heterocycles. The Morgan fingerprint density at radius 1 is 0.762 bits per heavy atom. The second-order valence-electron chi connectivity index (χ2n) is 10.2. The molecule has 0 aliphatic carbocycles. The molecule has 0 spiro atoms. The molecule has 2 amide bonds. The van der Waals surface area contributed by atoms with E-state index in [0.717, 1.165) is 27.4 Å². The van der Waals surface area contributed by atoms with Gasteiger partial charge in [-0.25, -0.2) is 8.42 Å². The summed E-state index contributed by atoms with van der Waals surface area (Å²) in [5.41, 5.74) is 3.01. The van der Waals surface area contributed by atoms with Crippen molar-refractivity contribution in [3.05, 3.63) is 132 Å². The first kappa shape index (κ1) is 30.5. The number of aryl methyl sites for hydroxylation is 1. The molecule has 1 N–H and O–H groups in total. The summed E-state index contributed by atoms with van der Waals surface area (Å²) in [5.74, 6) is -0.761. The van der Waals surface area contributed by atoms with Crippen LogP contribution in [0.15, 0.2) is 120 Å². The van der Waals surface area contributed by atoms with Gasteiger partial charge >= 0.3 is 0 Å². The molecule has 218 valence electrons. The van der Waals surface area contributed by atoms with E-state index in [1.807, 2.05) is 74.5 Å². The number of rotatable bonds is 13. The maximum atomic E-state index is 14.3. The van der Waals surface area contributed by atoms with Crippen LogP contribution in [0.25, 0.3) is 0 Å². The molecule has 0 saturated carbocycles. The van der Waals surface area contributed by atoms with Gasteiger partial charge in [-0.15, -0.1) is 0 Å². The van der Waals surface area contributed by atoms with Gasteiger partial charge in [-0.1, -0.05) is 103 Å². The van der Waals surface area contributed by atoms with Gasteiger partial charge in [0.05, 0.1) is 10.6 Å². The summed E-state index contributed by atoms with van der Waals surface area (Å²) < 4.78 is 29.1. The number of hydrogen-bond donors (Lipinski definition) is 1. The van der Waals surface area contributed by atoms with E-state index in [0.29, 0.717) is 12.2 Å². The topological polar surface area (TPSA) is 86.8 Å². The standard InChI is InChI=1S/C34H37N3O4S/c1-3-23-35-34(39)32(24-28-13-7-4-8-14-28)36(25-29-15-9-5-10-16-29)33(38)26-37(30-17-11-6-12-18-30)42(40,41)31-21-19-27(2)20-22-31/h4-22,32H,3,23-26H2,1-2H3,(H,35,39)/t32-/m1/s1. The molecule has 4 rings (SSSR count). The summed E-state index contributed by atoms with van der Waals surface area (Å²) in [6.07, 6.45) is 1.03. The SMILES string of the molecule is CCCNC(=O)[C@@H](Cc1ccccc1)N(Cc1ccccc1)C(=O)CN(c1ccccc1)S(=O)(=O)c1ccc(C)cc1. The molecule has 1 atom stereocenters. The van der Waals surface area contributed by atoms with Crippen molar-refractivity contribution >= 4 is 27.5 Å². The Bertz CT molecular complexity index is 1550. The molecular formula is C34H37N3O4S. The number of sulfonamides is 1. The predicted octanol–water partition coefficient (Wildman–Crippen LogP) is 5.36. The van der Waals surface area contributed by atoms with Crippen LogP contribution in [-0.2, 0) is 32.6 Å². The lowest BCUT2D eigenvalue weighted by Gasteiger charge is -2.34. The number of amides is 2. The highest BCUT2D eigenvalue weighted by atomic mass is 32.2. The molecule has 8 heteroatoms. The van der Waals surface area contributed by atoms with Crippen LogP contribution < -0.4 is 9.62 Å². The molecule has 4 aromatic carbocycles. The molecule has 0 radical (unpaired) electrons. The van der Waals surface area contributed by atoms with Crippen LogP contribution in [0, 0.1) is 6.92 Å². The minimum Gasteiger partial charge on any atom is -0.354 e. The summed E-state index contributed by atoms with van der Waals surface area (Å²) in [6.45, 7) is 3.98. The molecule has 0 heterocycles. The van der Waals surface area contributed by atoms with Crippen molar-refractivity contribution in [1.82, 2.24) is 10.2 Å². The maximum absolute atomic E-state index is 14.3. The Balaban J connectivity index is 1.76. The van der Waals surface area contributed by atoms with Crippen molar-refractivity contribution in [3.8, 4) is 0 Å². The number of benzene rings is 4. The first-order valence-electron chi connectivity index (χ1n) is 14.1. The second-order valence-corrected chi connectivity index (χ2v) is 12.0. The van der Waals surface area contributed by atoms with Crippen LogP contribution in [-0.4, -0.2) is 44.3 Å². The van der Waals surface area contributed by atoms with Crippen LogP contribution in [0.1, 0.15) is 30.0 Å². The van der Waals surface area contributed by atoms with Gasteiger partial charge in [-0.2, -0.15) is 0 Å². The lowest BCUT2D eigenvalue weighted by Crippen LogP contribution is -2.53. The summed E-state index contributed by atoms with van der Waals surface area (Å²) in [6, 6.07) is 33.2.